The van der Waals surface area contributed by atoms with Crippen LogP contribution in [0.4, 0.5) is 5.69 Å². The lowest BCUT2D eigenvalue weighted by molar-refractivity contribution is 0.0209. The van der Waals surface area contributed by atoms with Crippen molar-refractivity contribution < 1.29 is 9.53 Å². The maximum absolute atomic E-state index is 13.1. The highest BCUT2D eigenvalue weighted by atomic mass is 16.5. The molecule has 1 aromatic rings. The van der Waals surface area contributed by atoms with Crippen molar-refractivity contribution in [2.24, 2.45) is 11.3 Å². The number of nitrogens with zero attached hydrogens (tertiary/aromatic N) is 3. The highest BCUT2D eigenvalue weighted by Gasteiger charge is 2.31. The summed E-state index contributed by atoms with van der Waals surface area (Å²) in [6.07, 6.45) is 3.48. The number of carbonyl (C=O) groups excluding carboxylic acids is 1. The van der Waals surface area contributed by atoms with Crippen LogP contribution >= 0.6 is 0 Å². The average Bonchev–Trinajstić information content (AvgIpc) is 3.16. The van der Waals surface area contributed by atoms with Gasteiger partial charge >= 0.3 is 0 Å². The number of hydrogen-bond acceptors (Lipinski definition) is 4. The molecule has 3 heterocycles. The number of rotatable bonds is 3. The van der Waals surface area contributed by atoms with E-state index in [0.29, 0.717) is 17.4 Å². The van der Waals surface area contributed by atoms with Gasteiger partial charge in [-0.1, -0.05) is 20.8 Å². The van der Waals surface area contributed by atoms with Crippen molar-refractivity contribution in [3.63, 3.8) is 0 Å². The van der Waals surface area contributed by atoms with Gasteiger partial charge in [-0.3, -0.25) is 9.69 Å². The fraction of sp³-hybridized carbons (Fsp3) is 0.708. The molecular weight excluding hydrogens is 362 g/mol. The zero-order chi connectivity index (χ0) is 20.4. The van der Waals surface area contributed by atoms with Crippen molar-refractivity contribution in [1.82, 2.24) is 9.80 Å². The first-order valence-electron chi connectivity index (χ1n) is 11.4. The zero-order valence-electron chi connectivity index (χ0n) is 18.4. The van der Waals surface area contributed by atoms with Crippen molar-refractivity contribution in [1.29, 1.82) is 0 Å². The average molecular weight is 400 g/mol. The maximum Gasteiger partial charge on any atom is 0.253 e. The van der Waals surface area contributed by atoms with Gasteiger partial charge < -0.3 is 14.5 Å². The number of likely N-dealkylation sites (tertiary alicyclic amines) is 1. The summed E-state index contributed by atoms with van der Waals surface area (Å²) in [7, 11) is 0. The van der Waals surface area contributed by atoms with Crippen LogP contribution in [-0.4, -0.2) is 74.2 Å². The van der Waals surface area contributed by atoms with E-state index in [9.17, 15) is 4.79 Å². The summed E-state index contributed by atoms with van der Waals surface area (Å²) in [4.78, 5) is 20.2. The molecule has 3 saturated heterocycles. The summed E-state index contributed by atoms with van der Waals surface area (Å²) < 4.78 is 5.49. The molecule has 3 aliphatic rings. The van der Waals surface area contributed by atoms with Crippen LogP contribution in [-0.2, 0) is 4.74 Å². The van der Waals surface area contributed by atoms with Gasteiger partial charge in [0.15, 0.2) is 0 Å². The van der Waals surface area contributed by atoms with Gasteiger partial charge in [0.05, 0.1) is 13.2 Å². The van der Waals surface area contributed by atoms with Crippen molar-refractivity contribution in [3.8, 4) is 0 Å². The lowest BCUT2D eigenvalue weighted by Crippen LogP contribution is -2.44. The molecule has 29 heavy (non-hydrogen) atoms. The van der Waals surface area contributed by atoms with Crippen LogP contribution in [0.1, 0.15) is 50.4 Å². The van der Waals surface area contributed by atoms with Gasteiger partial charge in [0.2, 0.25) is 0 Å². The quantitative estimate of drug-likeness (QED) is 0.779. The van der Waals surface area contributed by atoms with E-state index in [0.717, 1.165) is 64.5 Å². The Kier molecular flexibility index (Phi) is 6.16. The predicted octanol–water partition coefficient (Wildman–Crippen LogP) is 3.50. The van der Waals surface area contributed by atoms with Crippen molar-refractivity contribution >= 4 is 11.6 Å². The Hall–Kier alpha value is -1.59. The summed E-state index contributed by atoms with van der Waals surface area (Å²) in [5.41, 5.74) is 2.39. The smallest absolute Gasteiger partial charge is 0.253 e. The molecular formula is C24H37N3O2. The topological polar surface area (TPSA) is 36.0 Å². The van der Waals surface area contributed by atoms with Crippen LogP contribution in [0.5, 0.6) is 0 Å². The summed E-state index contributed by atoms with van der Waals surface area (Å²) in [6, 6.07) is 8.96. The Morgan fingerprint density at radius 2 is 1.76 bits per heavy atom. The Bertz CT molecular complexity index is 697. The molecule has 0 radical (unpaired) electrons. The van der Waals surface area contributed by atoms with Crippen LogP contribution in [0.25, 0.3) is 0 Å². The first-order chi connectivity index (χ1) is 13.9. The van der Waals surface area contributed by atoms with Crippen LogP contribution in [0.2, 0.25) is 0 Å². The molecule has 2 unspecified atom stereocenters. The minimum absolute atomic E-state index is 0.189. The van der Waals surface area contributed by atoms with E-state index in [2.05, 4.69) is 47.6 Å². The molecule has 1 amide bonds. The summed E-state index contributed by atoms with van der Waals surface area (Å²) >= 11 is 0. The predicted molar refractivity (Wildman–Crippen MR) is 118 cm³/mol. The van der Waals surface area contributed by atoms with Crippen LogP contribution in [0, 0.1) is 11.3 Å². The van der Waals surface area contributed by atoms with Gasteiger partial charge in [0.1, 0.15) is 0 Å². The van der Waals surface area contributed by atoms with Gasteiger partial charge in [0, 0.05) is 56.6 Å². The normalized spacial score (nSPS) is 28.4. The van der Waals surface area contributed by atoms with Gasteiger partial charge in [-0.25, -0.2) is 0 Å². The van der Waals surface area contributed by atoms with Crippen molar-refractivity contribution in [2.45, 2.75) is 46.1 Å². The van der Waals surface area contributed by atoms with Gasteiger partial charge in [0.25, 0.3) is 5.91 Å². The van der Waals surface area contributed by atoms with E-state index in [1.165, 1.54) is 18.5 Å². The lowest BCUT2D eigenvalue weighted by Gasteiger charge is -2.32. The summed E-state index contributed by atoms with van der Waals surface area (Å²) in [6.45, 7) is 14.7. The monoisotopic (exact) mass is 399 g/mol. The zero-order valence-corrected chi connectivity index (χ0v) is 18.4. The molecule has 0 spiro atoms. The van der Waals surface area contributed by atoms with E-state index >= 15 is 0 Å². The number of morpholine rings is 1. The Labute approximate surface area is 176 Å². The Morgan fingerprint density at radius 1 is 1.03 bits per heavy atom. The summed E-state index contributed by atoms with van der Waals surface area (Å²) in [5.74, 6) is 0.742. The summed E-state index contributed by atoms with van der Waals surface area (Å²) in [5, 5.41) is 0. The first kappa shape index (κ1) is 20.7. The van der Waals surface area contributed by atoms with Crippen LogP contribution in [0.3, 0.4) is 0 Å². The number of anilines is 1. The van der Waals surface area contributed by atoms with E-state index in [1.807, 2.05) is 12.1 Å². The van der Waals surface area contributed by atoms with Crippen molar-refractivity contribution in [2.75, 3.05) is 57.4 Å². The highest BCUT2D eigenvalue weighted by molar-refractivity contribution is 5.94. The maximum atomic E-state index is 13.1. The molecule has 0 bridgehead atoms. The van der Waals surface area contributed by atoms with E-state index in [1.54, 1.807) is 0 Å². The largest absolute Gasteiger partial charge is 0.379 e. The highest BCUT2D eigenvalue weighted by Crippen LogP contribution is 2.33. The second-order valence-corrected chi connectivity index (χ2v) is 10.1. The number of amides is 1. The minimum atomic E-state index is 0.189. The molecule has 2 atom stereocenters. The molecule has 1 aromatic carbocycles. The molecule has 3 fully saturated rings. The minimum Gasteiger partial charge on any atom is -0.379 e. The first-order valence-corrected chi connectivity index (χ1v) is 11.4. The Morgan fingerprint density at radius 3 is 2.48 bits per heavy atom. The van der Waals surface area contributed by atoms with Gasteiger partial charge in [-0.05, 0) is 54.9 Å². The third-order valence-electron chi connectivity index (χ3n) is 6.98. The number of hydrogen-bond donors (Lipinski definition) is 0. The second-order valence-electron chi connectivity index (χ2n) is 10.1. The molecule has 160 valence electrons. The SMILES string of the molecule is CC1CN(C(=O)c2ccc(N3CCC(N4CCOCC4)C3)cc2)CCC(C)(C)C1. The van der Waals surface area contributed by atoms with E-state index in [-0.39, 0.29) is 5.91 Å². The van der Waals surface area contributed by atoms with Gasteiger partial charge in [-0.15, -0.1) is 0 Å². The van der Waals surface area contributed by atoms with E-state index in [4.69, 9.17) is 4.74 Å². The number of ether oxygens (including phenoxy) is 1. The van der Waals surface area contributed by atoms with Crippen LogP contribution < -0.4 is 4.90 Å². The molecule has 5 nitrogen and oxygen atoms in total. The fourth-order valence-electron chi connectivity index (χ4n) is 5.41. The molecule has 0 aromatic heterocycles. The standard InChI is InChI=1S/C24H37N3O2/c1-19-16-24(2,3)9-11-27(17-19)23(28)20-4-6-21(7-5-20)26-10-8-22(18-26)25-12-14-29-15-13-25/h4-7,19,22H,8-18H2,1-3H3. The molecule has 0 aliphatic carbocycles. The molecule has 4 rings (SSSR count). The molecule has 0 N–H and O–H groups in total. The lowest BCUT2D eigenvalue weighted by atomic mass is 9.82. The van der Waals surface area contributed by atoms with Crippen molar-refractivity contribution in [3.05, 3.63) is 29.8 Å². The molecule has 3 aliphatic heterocycles. The van der Waals surface area contributed by atoms with E-state index < -0.39 is 0 Å². The third kappa shape index (κ3) is 4.95. The van der Waals surface area contributed by atoms with Gasteiger partial charge in [-0.2, -0.15) is 0 Å². The molecule has 0 saturated carbocycles. The van der Waals surface area contributed by atoms with Crippen LogP contribution in [0.15, 0.2) is 24.3 Å². The Balaban J connectivity index is 1.37. The molecule has 5 heteroatoms. The number of carbonyl (C=O) groups is 1. The fourth-order valence-corrected chi connectivity index (χ4v) is 5.41. The number of benzene rings is 1. The second kappa shape index (κ2) is 8.65. The third-order valence-corrected chi connectivity index (χ3v) is 6.98.